The molecule has 0 bridgehead atoms. The van der Waals surface area contributed by atoms with E-state index in [9.17, 15) is 18.0 Å². The Hall–Kier alpha value is -2.92. The van der Waals surface area contributed by atoms with Gasteiger partial charge in [0.1, 0.15) is 5.02 Å². The van der Waals surface area contributed by atoms with Crippen molar-refractivity contribution in [3.8, 4) is 10.6 Å². The molecule has 1 N–H and O–H groups in total. The van der Waals surface area contributed by atoms with Crippen LogP contribution in [0.15, 0.2) is 36.0 Å². The van der Waals surface area contributed by atoms with E-state index in [4.69, 9.17) is 11.6 Å². The smallest absolute Gasteiger partial charge is 0.351 e. The van der Waals surface area contributed by atoms with E-state index in [0.717, 1.165) is 11.6 Å². The summed E-state index contributed by atoms with van der Waals surface area (Å²) in [6.07, 6.45) is -0.536. The highest BCUT2D eigenvalue weighted by Crippen LogP contribution is 2.35. The molecule has 0 saturated heterocycles. The average Bonchev–Trinajstić information content (AvgIpc) is 3.45. The third-order valence-electron chi connectivity index (χ3n) is 4.42. The maximum Gasteiger partial charge on any atom is 0.433 e. The van der Waals surface area contributed by atoms with Crippen molar-refractivity contribution >= 4 is 34.5 Å². The second-order valence-electron chi connectivity index (χ2n) is 6.79. The number of alkyl halides is 3. The lowest BCUT2D eigenvalue weighted by Crippen LogP contribution is -2.26. The van der Waals surface area contributed by atoms with E-state index in [0.29, 0.717) is 22.4 Å². The Balaban J connectivity index is 1.59. The van der Waals surface area contributed by atoms with Gasteiger partial charge in [-0.05, 0) is 36.4 Å². The van der Waals surface area contributed by atoms with Crippen molar-refractivity contribution in [2.75, 3.05) is 6.54 Å². The van der Waals surface area contributed by atoms with Gasteiger partial charge in [-0.3, -0.25) is 9.48 Å². The molecular formula is C19H16ClF3N6OS. The number of nitrogens with zero attached hydrogens (tertiary/aromatic N) is 5. The van der Waals surface area contributed by atoms with Crippen molar-refractivity contribution in [3.63, 3.8) is 0 Å². The average molecular weight is 469 g/mol. The first-order valence-electron chi connectivity index (χ1n) is 9.21. The fraction of sp³-hybridized carbons (Fsp3) is 0.263. The van der Waals surface area contributed by atoms with Gasteiger partial charge >= 0.3 is 6.18 Å². The molecule has 0 aliphatic carbocycles. The highest BCUT2D eigenvalue weighted by molar-refractivity contribution is 7.13. The van der Waals surface area contributed by atoms with Gasteiger partial charge in [0.05, 0.1) is 16.8 Å². The number of halogens is 4. The molecule has 0 aliphatic heterocycles. The molecule has 162 valence electrons. The van der Waals surface area contributed by atoms with Crippen molar-refractivity contribution in [2.45, 2.75) is 26.1 Å². The van der Waals surface area contributed by atoms with E-state index in [-0.39, 0.29) is 28.6 Å². The monoisotopic (exact) mass is 468 g/mol. The minimum absolute atomic E-state index is 0.109. The normalized spacial score (nSPS) is 11.9. The predicted octanol–water partition coefficient (Wildman–Crippen LogP) is 4.46. The van der Waals surface area contributed by atoms with Crippen LogP contribution in [0.25, 0.3) is 16.2 Å². The first-order chi connectivity index (χ1) is 14.7. The number of hydrogen-bond donors (Lipinski definition) is 1. The minimum atomic E-state index is -4.71. The van der Waals surface area contributed by atoms with Gasteiger partial charge < -0.3 is 5.32 Å². The van der Waals surface area contributed by atoms with Crippen molar-refractivity contribution in [1.82, 2.24) is 29.7 Å². The van der Waals surface area contributed by atoms with Gasteiger partial charge in [-0.1, -0.05) is 17.7 Å². The van der Waals surface area contributed by atoms with Crippen LogP contribution in [0.4, 0.5) is 13.2 Å². The van der Waals surface area contributed by atoms with Crippen molar-refractivity contribution in [2.24, 2.45) is 0 Å². The molecule has 4 aromatic rings. The fourth-order valence-electron chi connectivity index (χ4n) is 3.01. The maximum atomic E-state index is 13.7. The lowest BCUT2D eigenvalue weighted by Gasteiger charge is -2.10. The predicted molar refractivity (Wildman–Crippen MR) is 110 cm³/mol. The summed E-state index contributed by atoms with van der Waals surface area (Å²) in [6, 6.07) is 4.26. The molecule has 1 amide bonds. The Kier molecular flexibility index (Phi) is 5.71. The summed E-state index contributed by atoms with van der Waals surface area (Å²) >= 11 is 7.48. The molecule has 4 rings (SSSR count). The lowest BCUT2D eigenvalue weighted by atomic mass is 10.2. The van der Waals surface area contributed by atoms with Crippen LogP contribution in [0.1, 0.15) is 28.2 Å². The Morgan fingerprint density at radius 2 is 2.16 bits per heavy atom. The van der Waals surface area contributed by atoms with Crippen molar-refractivity contribution in [1.29, 1.82) is 0 Å². The van der Waals surface area contributed by atoms with Crippen molar-refractivity contribution in [3.05, 3.63) is 57.9 Å². The lowest BCUT2D eigenvalue weighted by molar-refractivity contribution is -0.142. The molecule has 0 fully saturated rings. The third-order valence-corrected chi connectivity index (χ3v) is 5.66. The summed E-state index contributed by atoms with van der Waals surface area (Å²) in [5.41, 5.74) is -0.459. The number of aromatic nitrogens is 5. The van der Waals surface area contributed by atoms with Crippen molar-refractivity contribution < 1.29 is 18.0 Å². The Morgan fingerprint density at radius 3 is 2.81 bits per heavy atom. The first kappa shape index (κ1) is 21.3. The van der Waals surface area contributed by atoms with Gasteiger partial charge in [0.25, 0.3) is 5.91 Å². The number of carbonyl (C=O) groups excluding carboxylic acids is 1. The molecule has 0 spiro atoms. The maximum absolute atomic E-state index is 13.7. The van der Waals surface area contributed by atoms with Crippen LogP contribution in [0.2, 0.25) is 5.02 Å². The molecule has 0 radical (unpaired) electrons. The molecule has 0 unspecified atom stereocenters. The van der Waals surface area contributed by atoms with Gasteiger partial charge in [-0.2, -0.15) is 23.4 Å². The summed E-state index contributed by atoms with van der Waals surface area (Å²) in [4.78, 5) is 17.3. The number of nitrogens with one attached hydrogen (secondary N) is 1. The van der Waals surface area contributed by atoms with Crippen LogP contribution >= 0.6 is 22.9 Å². The molecule has 12 heteroatoms. The van der Waals surface area contributed by atoms with Crippen LogP contribution in [-0.4, -0.2) is 36.8 Å². The van der Waals surface area contributed by atoms with Gasteiger partial charge in [0.15, 0.2) is 17.0 Å². The largest absolute Gasteiger partial charge is 0.433 e. The summed E-state index contributed by atoms with van der Waals surface area (Å²) in [7, 11) is 0. The Bertz CT molecular complexity index is 1230. The molecule has 0 aromatic carbocycles. The van der Waals surface area contributed by atoms with E-state index in [1.807, 2.05) is 13.1 Å². The molecule has 4 aromatic heterocycles. The highest BCUT2D eigenvalue weighted by Gasteiger charge is 2.36. The van der Waals surface area contributed by atoms with Gasteiger partial charge in [0.2, 0.25) is 0 Å². The standard InChI is InChI=1S/C19H16ClF3N6OS/c1-11-9-25-28(10-11)6-3-5-24-18(30)16-15(20)17-26-12(13-4-2-7-31-13)8-14(19(21,22)23)29(17)27-16/h2,4,7-10H,3,5-6H2,1H3,(H,24,30). The van der Waals surface area contributed by atoms with Gasteiger partial charge in [-0.15, -0.1) is 11.3 Å². The summed E-state index contributed by atoms with van der Waals surface area (Å²) in [5, 5.41) is 12.1. The van der Waals surface area contributed by atoms with Gasteiger partial charge in [-0.25, -0.2) is 9.50 Å². The number of carbonyl (C=O) groups is 1. The topological polar surface area (TPSA) is 77.1 Å². The second kappa shape index (κ2) is 8.31. The number of rotatable bonds is 6. The van der Waals surface area contributed by atoms with E-state index >= 15 is 0 Å². The van der Waals surface area contributed by atoms with E-state index in [1.54, 1.807) is 28.4 Å². The highest BCUT2D eigenvalue weighted by atomic mass is 35.5. The van der Waals surface area contributed by atoms with E-state index in [1.165, 1.54) is 11.3 Å². The second-order valence-corrected chi connectivity index (χ2v) is 8.12. The van der Waals surface area contributed by atoms with Crippen LogP contribution in [0, 0.1) is 6.92 Å². The zero-order valence-corrected chi connectivity index (χ0v) is 17.7. The quantitative estimate of drug-likeness (QED) is 0.424. The van der Waals surface area contributed by atoms with E-state index in [2.05, 4.69) is 20.5 Å². The fourth-order valence-corrected chi connectivity index (χ4v) is 3.94. The number of hydrogen-bond acceptors (Lipinski definition) is 5. The molecule has 0 saturated carbocycles. The summed E-state index contributed by atoms with van der Waals surface area (Å²) in [5.74, 6) is -0.669. The minimum Gasteiger partial charge on any atom is -0.351 e. The zero-order chi connectivity index (χ0) is 22.2. The Labute approximate surface area is 183 Å². The molecule has 31 heavy (non-hydrogen) atoms. The first-order valence-corrected chi connectivity index (χ1v) is 10.5. The molecular weight excluding hydrogens is 453 g/mol. The molecule has 0 atom stereocenters. The molecule has 0 aliphatic rings. The van der Waals surface area contributed by atoms with Crippen LogP contribution < -0.4 is 5.32 Å². The molecule has 4 heterocycles. The molecule has 7 nitrogen and oxygen atoms in total. The SMILES string of the molecule is Cc1cnn(CCCNC(=O)c2nn3c(C(F)(F)F)cc(-c4cccs4)nc3c2Cl)c1. The van der Waals surface area contributed by atoms with Crippen LogP contribution in [0.5, 0.6) is 0 Å². The number of fused-ring (bicyclic) bond motifs is 1. The third kappa shape index (κ3) is 4.42. The van der Waals surface area contributed by atoms with Crippen LogP contribution in [-0.2, 0) is 12.7 Å². The summed E-state index contributed by atoms with van der Waals surface area (Å²) < 4.78 is 43.3. The number of thiophene rings is 1. The number of amides is 1. The number of aryl methyl sites for hydroxylation is 2. The Morgan fingerprint density at radius 1 is 1.35 bits per heavy atom. The zero-order valence-electron chi connectivity index (χ0n) is 16.1. The van der Waals surface area contributed by atoms with Gasteiger partial charge in [0, 0.05) is 19.3 Å². The summed E-state index contributed by atoms with van der Waals surface area (Å²) in [6.45, 7) is 2.78. The van der Waals surface area contributed by atoms with Crippen LogP contribution in [0.3, 0.4) is 0 Å². The van der Waals surface area contributed by atoms with E-state index < -0.39 is 17.8 Å².